The third-order valence-electron chi connectivity index (χ3n) is 2.19. The van der Waals surface area contributed by atoms with E-state index in [-0.39, 0.29) is 25.0 Å². The van der Waals surface area contributed by atoms with Crippen LogP contribution in [0.15, 0.2) is 5.11 Å². The fourth-order valence-electron chi connectivity index (χ4n) is 1.51. The molecule has 0 atom stereocenters. The van der Waals surface area contributed by atoms with Gasteiger partial charge in [0.25, 0.3) is 0 Å². The maximum absolute atomic E-state index is 11.3. The summed E-state index contributed by atoms with van der Waals surface area (Å²) in [5, 5.41) is 3.27. The van der Waals surface area contributed by atoms with Crippen molar-refractivity contribution in [1.29, 1.82) is 0 Å². The molecule has 1 aliphatic rings. The van der Waals surface area contributed by atoms with Crippen molar-refractivity contribution in [2.75, 3.05) is 13.2 Å². The molecule has 0 spiro atoms. The standard InChI is InChI=1S/C8H13N3O2/c9-11-10-5-6-13-8(12)7-3-1-2-4-7/h7H,1-6H2. The quantitative estimate of drug-likeness (QED) is 0.220. The third-order valence-corrected chi connectivity index (χ3v) is 2.19. The van der Waals surface area contributed by atoms with Crippen molar-refractivity contribution in [3.8, 4) is 0 Å². The fourth-order valence-corrected chi connectivity index (χ4v) is 1.51. The number of esters is 1. The van der Waals surface area contributed by atoms with Crippen LogP contribution in [0.5, 0.6) is 0 Å². The van der Waals surface area contributed by atoms with Gasteiger partial charge in [0.2, 0.25) is 0 Å². The lowest BCUT2D eigenvalue weighted by molar-refractivity contribution is -0.147. The zero-order valence-corrected chi connectivity index (χ0v) is 7.48. The molecule has 0 aromatic carbocycles. The minimum atomic E-state index is -0.134. The molecule has 0 heterocycles. The number of azide groups is 1. The monoisotopic (exact) mass is 183 g/mol. The summed E-state index contributed by atoms with van der Waals surface area (Å²) in [5.41, 5.74) is 7.96. The molecular formula is C8H13N3O2. The van der Waals surface area contributed by atoms with Crippen LogP contribution in [0.3, 0.4) is 0 Å². The van der Waals surface area contributed by atoms with Gasteiger partial charge in [0.1, 0.15) is 0 Å². The van der Waals surface area contributed by atoms with Gasteiger partial charge in [0, 0.05) is 4.91 Å². The largest absolute Gasteiger partial charge is 0.465 e. The molecule has 1 saturated carbocycles. The molecular weight excluding hydrogens is 170 g/mol. The van der Waals surface area contributed by atoms with E-state index in [0.717, 1.165) is 25.7 Å². The highest BCUT2D eigenvalue weighted by Gasteiger charge is 2.23. The summed E-state index contributed by atoms with van der Waals surface area (Å²) in [7, 11) is 0. The summed E-state index contributed by atoms with van der Waals surface area (Å²) in [5.74, 6) is -0.0447. The lowest BCUT2D eigenvalue weighted by atomic mass is 10.1. The fraction of sp³-hybridized carbons (Fsp3) is 0.875. The average molecular weight is 183 g/mol. The van der Waals surface area contributed by atoms with Crippen molar-refractivity contribution in [2.45, 2.75) is 25.7 Å². The molecule has 0 bridgehead atoms. The maximum Gasteiger partial charge on any atom is 0.308 e. The first kappa shape index (κ1) is 9.86. The van der Waals surface area contributed by atoms with E-state index in [9.17, 15) is 4.79 Å². The van der Waals surface area contributed by atoms with Crippen molar-refractivity contribution < 1.29 is 9.53 Å². The Labute approximate surface area is 76.7 Å². The highest BCUT2D eigenvalue weighted by molar-refractivity contribution is 5.72. The van der Waals surface area contributed by atoms with Gasteiger partial charge in [0.15, 0.2) is 0 Å². The zero-order valence-electron chi connectivity index (χ0n) is 7.48. The Hall–Kier alpha value is -1.22. The lowest BCUT2D eigenvalue weighted by Crippen LogP contribution is -2.16. The second-order valence-electron chi connectivity index (χ2n) is 3.10. The van der Waals surface area contributed by atoms with Gasteiger partial charge in [0.05, 0.1) is 19.1 Å². The number of nitrogens with zero attached hydrogens (tertiary/aromatic N) is 3. The molecule has 1 rings (SSSR count). The first-order chi connectivity index (χ1) is 6.34. The molecule has 13 heavy (non-hydrogen) atoms. The van der Waals surface area contributed by atoms with Crippen LogP contribution >= 0.6 is 0 Å². The molecule has 0 radical (unpaired) electrons. The van der Waals surface area contributed by atoms with Gasteiger partial charge in [-0.3, -0.25) is 4.79 Å². The third kappa shape index (κ3) is 3.34. The molecule has 72 valence electrons. The molecule has 1 fully saturated rings. The molecule has 5 nitrogen and oxygen atoms in total. The highest BCUT2D eigenvalue weighted by Crippen LogP contribution is 2.25. The van der Waals surface area contributed by atoms with Crippen molar-refractivity contribution in [3.63, 3.8) is 0 Å². The molecule has 0 N–H and O–H groups in total. The first-order valence-electron chi connectivity index (χ1n) is 4.52. The van der Waals surface area contributed by atoms with Gasteiger partial charge in [-0.2, -0.15) is 0 Å². The number of ether oxygens (including phenoxy) is 1. The van der Waals surface area contributed by atoms with E-state index >= 15 is 0 Å². The van der Waals surface area contributed by atoms with Crippen molar-refractivity contribution in [1.82, 2.24) is 0 Å². The van der Waals surface area contributed by atoms with Crippen LogP contribution in [0, 0.1) is 5.92 Å². The number of hydrogen-bond donors (Lipinski definition) is 0. The van der Waals surface area contributed by atoms with Gasteiger partial charge in [-0.15, -0.1) is 0 Å². The Balaban J connectivity index is 2.13. The van der Waals surface area contributed by atoms with Crippen LogP contribution in [0.2, 0.25) is 0 Å². The predicted octanol–water partition coefficient (Wildman–Crippen LogP) is 2.03. The summed E-state index contributed by atoms with van der Waals surface area (Å²) in [6.07, 6.45) is 4.13. The summed E-state index contributed by atoms with van der Waals surface area (Å²) in [6.45, 7) is 0.439. The van der Waals surface area contributed by atoms with Crippen LogP contribution < -0.4 is 0 Å². The number of hydrogen-bond acceptors (Lipinski definition) is 3. The Morgan fingerprint density at radius 1 is 1.54 bits per heavy atom. The van der Waals surface area contributed by atoms with E-state index in [1.807, 2.05) is 0 Å². The maximum atomic E-state index is 11.3. The van der Waals surface area contributed by atoms with Gasteiger partial charge in [-0.1, -0.05) is 18.0 Å². The summed E-state index contributed by atoms with van der Waals surface area (Å²) >= 11 is 0. The number of carbonyl (C=O) groups excluding carboxylic acids is 1. The van der Waals surface area contributed by atoms with Crippen LogP contribution in [-0.4, -0.2) is 19.1 Å². The summed E-state index contributed by atoms with van der Waals surface area (Å²) in [4.78, 5) is 13.8. The Kier molecular flexibility index (Phi) is 4.12. The molecule has 0 aliphatic heterocycles. The zero-order chi connectivity index (χ0) is 9.52. The Bertz CT molecular complexity index is 217. The molecule has 0 saturated heterocycles. The molecule has 0 unspecified atom stereocenters. The van der Waals surface area contributed by atoms with Crippen molar-refractivity contribution >= 4 is 5.97 Å². The summed E-state index contributed by atoms with van der Waals surface area (Å²) in [6, 6.07) is 0. The topological polar surface area (TPSA) is 75.1 Å². The number of rotatable bonds is 4. The van der Waals surface area contributed by atoms with Gasteiger partial charge >= 0.3 is 5.97 Å². The molecule has 0 aromatic rings. The van der Waals surface area contributed by atoms with E-state index < -0.39 is 0 Å². The molecule has 1 aliphatic carbocycles. The van der Waals surface area contributed by atoms with Gasteiger partial charge in [-0.25, -0.2) is 0 Å². The lowest BCUT2D eigenvalue weighted by Gasteiger charge is -2.07. The van der Waals surface area contributed by atoms with E-state index in [2.05, 4.69) is 10.0 Å². The minimum absolute atomic E-state index is 0.0889. The van der Waals surface area contributed by atoms with E-state index in [0.29, 0.717) is 0 Å². The second-order valence-corrected chi connectivity index (χ2v) is 3.10. The molecule has 0 amide bonds. The Morgan fingerprint density at radius 2 is 2.23 bits per heavy atom. The van der Waals surface area contributed by atoms with Crippen LogP contribution in [0.25, 0.3) is 10.4 Å². The van der Waals surface area contributed by atoms with Crippen LogP contribution in [-0.2, 0) is 9.53 Å². The normalized spacial score (nSPS) is 16.6. The number of carbonyl (C=O) groups is 1. The smallest absolute Gasteiger partial charge is 0.308 e. The van der Waals surface area contributed by atoms with E-state index in [4.69, 9.17) is 10.3 Å². The highest BCUT2D eigenvalue weighted by atomic mass is 16.5. The molecule has 5 heteroatoms. The SMILES string of the molecule is [N-]=[N+]=NCCOC(=O)C1CCCC1. The van der Waals surface area contributed by atoms with E-state index in [1.165, 1.54) is 0 Å². The Morgan fingerprint density at radius 3 is 2.85 bits per heavy atom. The first-order valence-corrected chi connectivity index (χ1v) is 4.52. The molecule has 0 aromatic heterocycles. The van der Waals surface area contributed by atoms with E-state index in [1.54, 1.807) is 0 Å². The van der Waals surface area contributed by atoms with Crippen molar-refractivity contribution in [3.05, 3.63) is 10.4 Å². The summed E-state index contributed by atoms with van der Waals surface area (Å²) < 4.78 is 4.92. The van der Waals surface area contributed by atoms with Gasteiger partial charge in [-0.05, 0) is 18.4 Å². The van der Waals surface area contributed by atoms with Gasteiger partial charge < -0.3 is 4.74 Å². The second kappa shape index (κ2) is 5.43. The predicted molar refractivity (Wildman–Crippen MR) is 46.9 cm³/mol. The van der Waals surface area contributed by atoms with Crippen LogP contribution in [0.4, 0.5) is 0 Å². The average Bonchev–Trinajstić information content (AvgIpc) is 2.65. The van der Waals surface area contributed by atoms with Crippen LogP contribution in [0.1, 0.15) is 25.7 Å². The minimum Gasteiger partial charge on any atom is -0.465 e. The van der Waals surface area contributed by atoms with Crippen molar-refractivity contribution in [2.24, 2.45) is 11.0 Å².